The van der Waals surface area contributed by atoms with E-state index in [2.05, 4.69) is 10.0 Å². The molecule has 0 aliphatic carbocycles. The molecule has 0 spiro atoms. The first-order valence-electron chi connectivity index (χ1n) is 7.64. The fourth-order valence-electron chi connectivity index (χ4n) is 2.35. The minimum absolute atomic E-state index is 0. The number of nitrogens with one attached hydrogen (secondary N) is 2. The lowest BCUT2D eigenvalue weighted by molar-refractivity contribution is -0.385. The number of amides is 1. The molecule has 12 heteroatoms. The molecule has 0 radical (unpaired) electrons. The summed E-state index contributed by atoms with van der Waals surface area (Å²) in [5.74, 6) is -0.356. The highest BCUT2D eigenvalue weighted by molar-refractivity contribution is 7.89. The molecule has 26 heavy (non-hydrogen) atoms. The number of nitro groups is 1. The van der Waals surface area contributed by atoms with E-state index in [1.165, 1.54) is 18.2 Å². The second kappa shape index (κ2) is 9.24. The zero-order chi connectivity index (χ0) is 18.5. The Labute approximate surface area is 157 Å². The van der Waals surface area contributed by atoms with Crippen LogP contribution >= 0.6 is 12.4 Å². The average Bonchev–Trinajstić information content (AvgIpc) is 2.59. The summed E-state index contributed by atoms with van der Waals surface area (Å²) in [4.78, 5) is 21.9. The molecule has 1 fully saturated rings. The number of ether oxygens (including phenoxy) is 1. The minimum atomic E-state index is -3.91. The van der Waals surface area contributed by atoms with Crippen LogP contribution in [0, 0.1) is 10.1 Å². The lowest BCUT2D eigenvalue weighted by atomic mass is 9.90. The van der Waals surface area contributed by atoms with Crippen LogP contribution in [0.15, 0.2) is 29.2 Å². The van der Waals surface area contributed by atoms with Crippen LogP contribution in [0.25, 0.3) is 0 Å². The van der Waals surface area contributed by atoms with Crippen LogP contribution in [0.2, 0.25) is 0 Å². The lowest BCUT2D eigenvalue weighted by Crippen LogP contribution is -2.57. The molecule has 1 aliphatic heterocycles. The molecule has 10 nitrogen and oxygen atoms in total. The number of carbonyl (C=O) groups excluding carboxylic acids is 1. The van der Waals surface area contributed by atoms with Gasteiger partial charge in [-0.15, -0.1) is 12.4 Å². The van der Waals surface area contributed by atoms with Gasteiger partial charge in [0.1, 0.15) is 0 Å². The van der Waals surface area contributed by atoms with Gasteiger partial charge >= 0.3 is 0 Å². The Kier molecular flexibility index (Phi) is 7.90. The van der Waals surface area contributed by atoms with Gasteiger partial charge in [-0.2, -0.15) is 0 Å². The number of halogens is 1. The molecule has 1 heterocycles. The zero-order valence-electron chi connectivity index (χ0n) is 13.8. The monoisotopic (exact) mass is 408 g/mol. The first-order valence-corrected chi connectivity index (χ1v) is 9.12. The van der Waals surface area contributed by atoms with E-state index in [0.29, 0.717) is 26.1 Å². The SMILES string of the molecule is Cl.NC1(C(=O)NCCNS(=O)(=O)c2cccc([N+](=O)[O-])c2)CCOCC1. The molecule has 1 amide bonds. The number of non-ortho nitro benzene ring substituents is 1. The van der Waals surface area contributed by atoms with Gasteiger partial charge in [-0.1, -0.05) is 6.07 Å². The second-order valence-electron chi connectivity index (χ2n) is 5.68. The van der Waals surface area contributed by atoms with E-state index < -0.39 is 20.5 Å². The maximum atomic E-state index is 12.1. The Hall–Kier alpha value is -1.79. The molecule has 0 aromatic heterocycles. The third kappa shape index (κ3) is 5.61. The molecule has 0 unspecified atom stereocenters. The molecule has 146 valence electrons. The molecular weight excluding hydrogens is 388 g/mol. The third-order valence-electron chi connectivity index (χ3n) is 3.88. The van der Waals surface area contributed by atoms with Crippen LogP contribution in [0.4, 0.5) is 5.69 Å². The molecule has 2 rings (SSSR count). The predicted molar refractivity (Wildman–Crippen MR) is 95.5 cm³/mol. The van der Waals surface area contributed by atoms with Gasteiger partial charge in [0, 0.05) is 38.4 Å². The van der Waals surface area contributed by atoms with Crippen LogP contribution in [-0.4, -0.2) is 51.1 Å². The molecular formula is C14H21ClN4O6S. The van der Waals surface area contributed by atoms with Crippen molar-refractivity contribution in [2.24, 2.45) is 5.73 Å². The van der Waals surface area contributed by atoms with Gasteiger partial charge in [-0.05, 0) is 18.9 Å². The fourth-order valence-corrected chi connectivity index (χ4v) is 3.42. The molecule has 1 aromatic rings. The highest BCUT2D eigenvalue weighted by atomic mass is 35.5. The van der Waals surface area contributed by atoms with Crippen molar-refractivity contribution >= 4 is 34.0 Å². The smallest absolute Gasteiger partial charge is 0.270 e. The van der Waals surface area contributed by atoms with Crippen LogP contribution in [0.3, 0.4) is 0 Å². The predicted octanol–water partition coefficient (Wildman–Crippen LogP) is -0.0810. The summed E-state index contributed by atoms with van der Waals surface area (Å²) in [6.07, 6.45) is 0.802. The number of sulfonamides is 1. The van der Waals surface area contributed by atoms with Crippen LogP contribution < -0.4 is 15.8 Å². The summed E-state index contributed by atoms with van der Waals surface area (Å²) in [6.45, 7) is 0.794. The van der Waals surface area contributed by atoms with Crippen LogP contribution in [0.5, 0.6) is 0 Å². The van der Waals surface area contributed by atoms with Crippen molar-refractivity contribution < 1.29 is 22.9 Å². The lowest BCUT2D eigenvalue weighted by Gasteiger charge is -2.31. The standard InChI is InChI=1S/C14H20N4O6S.ClH/c15-14(4-8-24-9-5-14)13(19)16-6-7-17-25(22,23)12-3-1-2-11(10-12)18(20)21;/h1-3,10,17H,4-9,15H2,(H,16,19);1H. The van der Waals surface area contributed by atoms with Gasteiger partial charge in [0.05, 0.1) is 15.4 Å². The Morgan fingerprint density at radius 1 is 1.31 bits per heavy atom. The van der Waals surface area contributed by atoms with Crippen molar-refractivity contribution in [1.29, 1.82) is 0 Å². The van der Waals surface area contributed by atoms with Gasteiger partial charge in [-0.3, -0.25) is 14.9 Å². The molecule has 1 aromatic carbocycles. The van der Waals surface area contributed by atoms with Gasteiger partial charge in [0.25, 0.3) is 5.69 Å². The van der Waals surface area contributed by atoms with E-state index in [0.717, 1.165) is 6.07 Å². The number of nitrogens with two attached hydrogens (primary N) is 1. The van der Waals surface area contributed by atoms with Crippen molar-refractivity contribution in [1.82, 2.24) is 10.0 Å². The topological polar surface area (TPSA) is 154 Å². The summed E-state index contributed by atoms with van der Waals surface area (Å²) in [5.41, 5.74) is 4.69. The molecule has 0 atom stereocenters. The van der Waals surface area contributed by atoms with Gasteiger partial charge in [0.15, 0.2) is 0 Å². The van der Waals surface area contributed by atoms with E-state index >= 15 is 0 Å². The van der Waals surface area contributed by atoms with Gasteiger partial charge < -0.3 is 15.8 Å². The van der Waals surface area contributed by atoms with Crippen molar-refractivity contribution in [3.8, 4) is 0 Å². The number of carbonyl (C=O) groups is 1. The number of hydrogen-bond donors (Lipinski definition) is 3. The van der Waals surface area contributed by atoms with Crippen molar-refractivity contribution in [2.75, 3.05) is 26.3 Å². The fraction of sp³-hybridized carbons (Fsp3) is 0.500. The minimum Gasteiger partial charge on any atom is -0.381 e. The number of benzene rings is 1. The molecule has 1 aliphatic rings. The van der Waals surface area contributed by atoms with Crippen molar-refractivity contribution in [3.63, 3.8) is 0 Å². The molecule has 1 saturated heterocycles. The summed E-state index contributed by atoms with van der Waals surface area (Å²) in [6, 6.07) is 4.72. The molecule has 0 bridgehead atoms. The van der Waals surface area contributed by atoms with Crippen molar-refractivity contribution in [2.45, 2.75) is 23.3 Å². The second-order valence-corrected chi connectivity index (χ2v) is 7.44. The van der Waals surface area contributed by atoms with Gasteiger partial charge in [0.2, 0.25) is 15.9 Å². The zero-order valence-corrected chi connectivity index (χ0v) is 15.5. The van der Waals surface area contributed by atoms with E-state index in [4.69, 9.17) is 10.5 Å². The first-order chi connectivity index (χ1) is 11.7. The number of hydrogen-bond acceptors (Lipinski definition) is 7. The van der Waals surface area contributed by atoms with E-state index in [-0.39, 0.29) is 42.0 Å². The maximum absolute atomic E-state index is 12.1. The van der Waals surface area contributed by atoms with E-state index in [1.54, 1.807) is 0 Å². The Morgan fingerprint density at radius 3 is 2.58 bits per heavy atom. The number of rotatable bonds is 7. The highest BCUT2D eigenvalue weighted by Gasteiger charge is 2.35. The largest absolute Gasteiger partial charge is 0.381 e. The first kappa shape index (κ1) is 22.3. The average molecular weight is 409 g/mol. The summed E-state index contributed by atoms with van der Waals surface area (Å²) >= 11 is 0. The Balaban J connectivity index is 0.00000338. The van der Waals surface area contributed by atoms with E-state index in [1.807, 2.05) is 0 Å². The summed E-state index contributed by atoms with van der Waals surface area (Å²) in [7, 11) is -3.91. The summed E-state index contributed by atoms with van der Waals surface area (Å²) < 4.78 is 31.7. The molecule has 4 N–H and O–H groups in total. The maximum Gasteiger partial charge on any atom is 0.270 e. The van der Waals surface area contributed by atoms with Crippen molar-refractivity contribution in [3.05, 3.63) is 34.4 Å². The molecule has 0 saturated carbocycles. The summed E-state index contributed by atoms with van der Waals surface area (Å²) in [5, 5.41) is 13.3. The normalized spacial score (nSPS) is 16.3. The van der Waals surface area contributed by atoms with Gasteiger partial charge in [-0.25, -0.2) is 13.1 Å². The Morgan fingerprint density at radius 2 is 1.96 bits per heavy atom. The number of nitrogens with zero attached hydrogens (tertiary/aromatic N) is 1. The quantitative estimate of drug-likeness (QED) is 0.324. The highest BCUT2D eigenvalue weighted by Crippen LogP contribution is 2.18. The Bertz CT molecular complexity index is 752. The van der Waals surface area contributed by atoms with E-state index in [9.17, 15) is 23.3 Å². The third-order valence-corrected chi connectivity index (χ3v) is 5.34. The van der Waals surface area contributed by atoms with Crippen LogP contribution in [-0.2, 0) is 19.6 Å². The number of nitro benzene ring substituents is 1. The van der Waals surface area contributed by atoms with Crippen LogP contribution in [0.1, 0.15) is 12.8 Å².